The maximum Gasteiger partial charge on any atom is 0.123 e. The molecule has 0 amide bonds. The van der Waals surface area contributed by atoms with Crippen molar-refractivity contribution in [1.29, 1.82) is 0 Å². The van der Waals surface area contributed by atoms with Gasteiger partial charge in [-0.05, 0) is 42.5 Å². The molecule has 0 saturated heterocycles. The van der Waals surface area contributed by atoms with Gasteiger partial charge in [-0.1, -0.05) is 20.8 Å². The van der Waals surface area contributed by atoms with Gasteiger partial charge in [0.05, 0.1) is 0 Å². The summed E-state index contributed by atoms with van der Waals surface area (Å²) in [6.07, 6.45) is 2.18. The van der Waals surface area contributed by atoms with E-state index in [9.17, 15) is 4.39 Å². The Hall–Kier alpha value is -0.540. The lowest BCUT2D eigenvalue weighted by Gasteiger charge is -2.20. The fourth-order valence-corrected chi connectivity index (χ4v) is 2.34. The first-order valence-electron chi connectivity index (χ1n) is 6.01. The molecule has 0 radical (unpaired) electrons. The second-order valence-corrected chi connectivity index (χ2v) is 6.72. The smallest absolute Gasteiger partial charge is 0.123 e. The normalized spacial score (nSPS) is 13.7. The standard InChI is InChI=1S/C14H22FNS/c1-14(2,3)9-8-12(16)10-17-13-6-4-11(15)5-7-13/h4-7,12H,8-10,16H2,1-3H3. The molecule has 1 aromatic rings. The summed E-state index contributed by atoms with van der Waals surface area (Å²) in [6, 6.07) is 6.79. The topological polar surface area (TPSA) is 26.0 Å². The molecule has 0 saturated carbocycles. The van der Waals surface area contributed by atoms with E-state index in [1.807, 2.05) is 0 Å². The van der Waals surface area contributed by atoms with E-state index in [1.165, 1.54) is 12.1 Å². The second-order valence-electron chi connectivity index (χ2n) is 5.62. The average Bonchev–Trinajstić information content (AvgIpc) is 2.25. The first kappa shape index (κ1) is 14.5. The van der Waals surface area contributed by atoms with E-state index < -0.39 is 0 Å². The van der Waals surface area contributed by atoms with Crippen molar-refractivity contribution in [3.8, 4) is 0 Å². The van der Waals surface area contributed by atoms with E-state index >= 15 is 0 Å². The Morgan fingerprint density at radius 3 is 2.35 bits per heavy atom. The van der Waals surface area contributed by atoms with Crippen LogP contribution in [0.5, 0.6) is 0 Å². The number of nitrogens with two attached hydrogens (primary N) is 1. The molecule has 2 N–H and O–H groups in total. The van der Waals surface area contributed by atoms with E-state index in [0.29, 0.717) is 5.41 Å². The van der Waals surface area contributed by atoms with Crippen molar-refractivity contribution in [3.05, 3.63) is 30.1 Å². The third-order valence-electron chi connectivity index (χ3n) is 2.54. The molecule has 1 unspecified atom stereocenters. The van der Waals surface area contributed by atoms with E-state index in [2.05, 4.69) is 20.8 Å². The molecule has 17 heavy (non-hydrogen) atoms. The highest BCUT2D eigenvalue weighted by Crippen LogP contribution is 2.24. The fraction of sp³-hybridized carbons (Fsp3) is 0.571. The summed E-state index contributed by atoms with van der Waals surface area (Å²) in [5, 5.41) is 0. The zero-order valence-corrected chi connectivity index (χ0v) is 11.7. The third-order valence-corrected chi connectivity index (χ3v) is 3.74. The fourth-order valence-electron chi connectivity index (χ4n) is 1.44. The molecule has 1 atom stereocenters. The van der Waals surface area contributed by atoms with Crippen molar-refractivity contribution in [3.63, 3.8) is 0 Å². The zero-order chi connectivity index (χ0) is 12.9. The number of halogens is 1. The average molecular weight is 255 g/mol. The first-order chi connectivity index (χ1) is 7.87. The van der Waals surface area contributed by atoms with Crippen LogP contribution in [0.25, 0.3) is 0 Å². The Bertz CT molecular complexity index is 329. The van der Waals surface area contributed by atoms with Gasteiger partial charge in [-0.3, -0.25) is 0 Å². The SMILES string of the molecule is CC(C)(C)CCC(N)CSc1ccc(F)cc1. The Labute approximate surface area is 108 Å². The van der Waals surface area contributed by atoms with Crippen LogP contribution >= 0.6 is 11.8 Å². The van der Waals surface area contributed by atoms with Gasteiger partial charge in [0.15, 0.2) is 0 Å². The van der Waals surface area contributed by atoms with E-state index in [0.717, 1.165) is 23.5 Å². The predicted octanol–water partition coefficient (Wildman–Crippen LogP) is 4.07. The van der Waals surface area contributed by atoms with Crippen molar-refractivity contribution >= 4 is 11.8 Å². The molecule has 96 valence electrons. The van der Waals surface area contributed by atoms with E-state index in [-0.39, 0.29) is 11.9 Å². The van der Waals surface area contributed by atoms with Crippen LogP contribution in [-0.4, -0.2) is 11.8 Å². The number of thioether (sulfide) groups is 1. The summed E-state index contributed by atoms with van der Waals surface area (Å²) in [5.41, 5.74) is 6.41. The number of benzene rings is 1. The molecule has 0 fully saturated rings. The van der Waals surface area contributed by atoms with Gasteiger partial charge in [0.25, 0.3) is 0 Å². The largest absolute Gasteiger partial charge is 0.327 e. The minimum atomic E-state index is -0.189. The molecule has 0 bridgehead atoms. The van der Waals surface area contributed by atoms with Crippen LogP contribution in [0.2, 0.25) is 0 Å². The Balaban J connectivity index is 2.28. The van der Waals surface area contributed by atoms with E-state index in [1.54, 1.807) is 23.9 Å². The van der Waals surface area contributed by atoms with Gasteiger partial charge >= 0.3 is 0 Å². The highest BCUT2D eigenvalue weighted by atomic mass is 32.2. The summed E-state index contributed by atoms with van der Waals surface area (Å²) >= 11 is 1.70. The lowest BCUT2D eigenvalue weighted by Crippen LogP contribution is -2.24. The Morgan fingerprint density at radius 2 is 1.82 bits per heavy atom. The lowest BCUT2D eigenvalue weighted by atomic mass is 9.89. The molecular formula is C14H22FNS. The van der Waals surface area contributed by atoms with Crippen LogP contribution in [0.4, 0.5) is 4.39 Å². The van der Waals surface area contributed by atoms with Crippen molar-refractivity contribution in [1.82, 2.24) is 0 Å². The van der Waals surface area contributed by atoms with Gasteiger partial charge in [-0.2, -0.15) is 0 Å². The maximum atomic E-state index is 12.7. The van der Waals surface area contributed by atoms with E-state index in [4.69, 9.17) is 5.73 Å². The lowest BCUT2D eigenvalue weighted by molar-refractivity contribution is 0.353. The molecule has 0 spiro atoms. The number of rotatable bonds is 5. The summed E-state index contributed by atoms with van der Waals surface area (Å²) in [6.45, 7) is 6.69. The Kier molecular flexibility index (Phi) is 5.47. The van der Waals surface area contributed by atoms with Gasteiger partial charge in [-0.25, -0.2) is 4.39 Å². The van der Waals surface area contributed by atoms with Crippen LogP contribution in [0.15, 0.2) is 29.2 Å². The molecular weight excluding hydrogens is 233 g/mol. The molecule has 0 heterocycles. The molecule has 1 aromatic carbocycles. The van der Waals surface area contributed by atoms with Crippen molar-refractivity contribution < 1.29 is 4.39 Å². The molecule has 1 rings (SSSR count). The number of hydrogen-bond acceptors (Lipinski definition) is 2. The van der Waals surface area contributed by atoms with Crippen molar-refractivity contribution in [2.24, 2.45) is 11.1 Å². The molecule has 3 heteroatoms. The molecule has 0 aliphatic rings. The molecule has 1 nitrogen and oxygen atoms in total. The summed E-state index contributed by atoms with van der Waals surface area (Å²) in [5.74, 6) is 0.702. The predicted molar refractivity (Wildman–Crippen MR) is 73.8 cm³/mol. The first-order valence-corrected chi connectivity index (χ1v) is 6.99. The highest BCUT2D eigenvalue weighted by molar-refractivity contribution is 7.99. The van der Waals surface area contributed by atoms with Crippen LogP contribution in [0, 0.1) is 11.2 Å². The van der Waals surface area contributed by atoms with Gasteiger partial charge in [-0.15, -0.1) is 11.8 Å². The minimum Gasteiger partial charge on any atom is -0.327 e. The second kappa shape index (κ2) is 6.41. The molecule has 0 aliphatic carbocycles. The van der Waals surface area contributed by atoms with Crippen molar-refractivity contribution in [2.45, 2.75) is 44.6 Å². The molecule has 0 aromatic heterocycles. The minimum absolute atomic E-state index is 0.189. The van der Waals surface area contributed by atoms with Crippen LogP contribution in [0.3, 0.4) is 0 Å². The van der Waals surface area contributed by atoms with Gasteiger partial charge in [0.1, 0.15) is 5.82 Å². The van der Waals surface area contributed by atoms with Crippen LogP contribution in [0.1, 0.15) is 33.6 Å². The van der Waals surface area contributed by atoms with Gasteiger partial charge in [0, 0.05) is 16.7 Å². The molecule has 0 aliphatic heterocycles. The highest BCUT2D eigenvalue weighted by Gasteiger charge is 2.12. The summed E-state index contributed by atoms with van der Waals surface area (Å²) in [4.78, 5) is 1.08. The zero-order valence-electron chi connectivity index (χ0n) is 10.9. The Morgan fingerprint density at radius 1 is 1.24 bits per heavy atom. The third kappa shape index (κ3) is 6.69. The maximum absolute atomic E-state index is 12.7. The van der Waals surface area contributed by atoms with Crippen LogP contribution in [-0.2, 0) is 0 Å². The van der Waals surface area contributed by atoms with Gasteiger partial charge in [0.2, 0.25) is 0 Å². The van der Waals surface area contributed by atoms with Gasteiger partial charge < -0.3 is 5.73 Å². The van der Waals surface area contributed by atoms with Crippen LogP contribution < -0.4 is 5.73 Å². The summed E-state index contributed by atoms with van der Waals surface area (Å²) in [7, 11) is 0. The summed E-state index contributed by atoms with van der Waals surface area (Å²) < 4.78 is 12.7. The monoisotopic (exact) mass is 255 g/mol. The number of hydrogen-bond donors (Lipinski definition) is 1. The quantitative estimate of drug-likeness (QED) is 0.803. The van der Waals surface area contributed by atoms with Crippen molar-refractivity contribution in [2.75, 3.05) is 5.75 Å².